The molecule has 0 amide bonds. The second-order valence-corrected chi connectivity index (χ2v) is 6.19. The van der Waals surface area contributed by atoms with E-state index < -0.39 is 0 Å². The van der Waals surface area contributed by atoms with Crippen LogP contribution in [0.15, 0.2) is 41.1 Å². The summed E-state index contributed by atoms with van der Waals surface area (Å²) in [5.41, 5.74) is 1.69. The van der Waals surface area contributed by atoms with Gasteiger partial charge in [0.2, 0.25) is 5.95 Å². The number of hydrogen-bond acceptors (Lipinski definition) is 5. The monoisotopic (exact) mass is 357 g/mol. The maximum Gasteiger partial charge on any atom is 0.222 e. The molecular formula is C16H16BrN5. The van der Waals surface area contributed by atoms with Crippen LogP contribution in [-0.2, 0) is 0 Å². The zero-order valence-corrected chi connectivity index (χ0v) is 13.6. The molecule has 2 heterocycles. The summed E-state index contributed by atoms with van der Waals surface area (Å²) in [5, 5.41) is 12.7. The second kappa shape index (κ2) is 6.75. The first-order valence-corrected chi connectivity index (χ1v) is 8.04. The van der Waals surface area contributed by atoms with Gasteiger partial charge in [-0.2, -0.15) is 5.26 Å². The van der Waals surface area contributed by atoms with E-state index in [9.17, 15) is 5.26 Å². The van der Waals surface area contributed by atoms with Crippen LogP contribution in [0.1, 0.15) is 18.4 Å². The van der Waals surface area contributed by atoms with Crippen LogP contribution in [0, 0.1) is 11.3 Å². The highest BCUT2D eigenvalue weighted by Gasteiger charge is 2.22. The van der Waals surface area contributed by atoms with Crippen molar-refractivity contribution in [2.24, 2.45) is 0 Å². The van der Waals surface area contributed by atoms with Crippen molar-refractivity contribution in [2.45, 2.75) is 18.9 Å². The number of nitrogens with one attached hydrogen (secondary N) is 1. The molecule has 1 fully saturated rings. The van der Waals surface area contributed by atoms with Crippen LogP contribution in [-0.4, -0.2) is 29.1 Å². The van der Waals surface area contributed by atoms with Crippen molar-refractivity contribution in [1.29, 1.82) is 5.26 Å². The largest absolute Gasteiger partial charge is 0.368 e. The van der Waals surface area contributed by atoms with Crippen molar-refractivity contribution in [3.8, 4) is 6.07 Å². The molecule has 0 saturated carbocycles. The molecule has 2 aromatic rings. The Balaban J connectivity index is 1.75. The van der Waals surface area contributed by atoms with Crippen LogP contribution in [0.4, 0.5) is 11.6 Å². The molecule has 0 radical (unpaired) electrons. The highest BCUT2D eigenvalue weighted by Crippen LogP contribution is 2.27. The summed E-state index contributed by atoms with van der Waals surface area (Å²) in [6, 6.07) is 10.2. The molecule has 1 atom stereocenters. The quantitative estimate of drug-likeness (QED) is 0.913. The minimum atomic E-state index is 0.284. The molecule has 3 rings (SSSR count). The van der Waals surface area contributed by atoms with Crippen molar-refractivity contribution in [1.82, 2.24) is 9.97 Å². The Morgan fingerprint density at radius 3 is 2.91 bits per heavy atom. The maximum atomic E-state index is 9.34. The molecule has 5 nitrogen and oxygen atoms in total. The van der Waals surface area contributed by atoms with Crippen LogP contribution in [0.2, 0.25) is 0 Å². The van der Waals surface area contributed by atoms with Gasteiger partial charge >= 0.3 is 0 Å². The predicted molar refractivity (Wildman–Crippen MR) is 89.7 cm³/mol. The van der Waals surface area contributed by atoms with E-state index >= 15 is 0 Å². The summed E-state index contributed by atoms with van der Waals surface area (Å²) in [6.07, 6.45) is 5.62. The number of halogens is 1. The molecule has 1 saturated heterocycles. The van der Waals surface area contributed by atoms with Crippen LogP contribution in [0.25, 0.3) is 0 Å². The van der Waals surface area contributed by atoms with Gasteiger partial charge in [0.1, 0.15) is 6.07 Å². The fraction of sp³-hybridized carbons (Fsp3) is 0.312. The number of piperidine rings is 1. The molecule has 1 N–H and O–H groups in total. The van der Waals surface area contributed by atoms with E-state index in [1.54, 1.807) is 18.5 Å². The van der Waals surface area contributed by atoms with E-state index in [4.69, 9.17) is 0 Å². The molecule has 6 heteroatoms. The molecule has 1 aromatic heterocycles. The summed E-state index contributed by atoms with van der Waals surface area (Å²) in [4.78, 5) is 10.7. The third kappa shape index (κ3) is 3.37. The molecule has 0 aliphatic carbocycles. The van der Waals surface area contributed by atoms with Gasteiger partial charge in [-0.05, 0) is 37.1 Å². The van der Waals surface area contributed by atoms with Crippen LogP contribution in [0.5, 0.6) is 0 Å². The number of aromatic nitrogens is 2. The fourth-order valence-corrected chi connectivity index (χ4v) is 3.10. The average molecular weight is 358 g/mol. The van der Waals surface area contributed by atoms with Gasteiger partial charge in [-0.1, -0.05) is 15.9 Å². The first-order chi connectivity index (χ1) is 10.8. The van der Waals surface area contributed by atoms with Gasteiger partial charge in [-0.15, -0.1) is 0 Å². The van der Waals surface area contributed by atoms with E-state index in [1.165, 1.54) is 0 Å². The van der Waals surface area contributed by atoms with Crippen molar-refractivity contribution < 1.29 is 0 Å². The highest BCUT2D eigenvalue weighted by atomic mass is 79.9. The standard InChI is InChI=1S/C16H16BrN5/c17-13-4-5-15(12(9-13)10-18)22-8-1-3-14(11-22)21-16-19-6-2-7-20-16/h2,4-7,9,14H,1,3,8,11H2,(H,19,20,21). The summed E-state index contributed by atoms with van der Waals surface area (Å²) in [6.45, 7) is 1.80. The van der Waals surface area contributed by atoms with Gasteiger partial charge in [-0.3, -0.25) is 0 Å². The molecule has 1 aromatic carbocycles. The molecule has 1 aliphatic heterocycles. The molecule has 0 bridgehead atoms. The summed E-state index contributed by atoms with van der Waals surface area (Å²) < 4.78 is 0.928. The lowest BCUT2D eigenvalue weighted by atomic mass is 10.0. The van der Waals surface area contributed by atoms with E-state index in [0.717, 1.165) is 36.1 Å². The van der Waals surface area contributed by atoms with Crippen molar-refractivity contribution in [2.75, 3.05) is 23.3 Å². The van der Waals surface area contributed by atoms with E-state index in [1.807, 2.05) is 18.2 Å². The predicted octanol–water partition coefficient (Wildman–Crippen LogP) is 3.19. The first kappa shape index (κ1) is 14.8. The average Bonchev–Trinajstić information content (AvgIpc) is 2.56. The number of hydrogen-bond donors (Lipinski definition) is 1. The third-order valence-electron chi connectivity index (χ3n) is 3.74. The highest BCUT2D eigenvalue weighted by molar-refractivity contribution is 9.10. The molecule has 0 spiro atoms. The lowest BCUT2D eigenvalue weighted by Gasteiger charge is -2.35. The Bertz CT molecular complexity index is 683. The molecule has 112 valence electrons. The van der Waals surface area contributed by atoms with E-state index in [2.05, 4.69) is 42.2 Å². The van der Waals surface area contributed by atoms with Crippen molar-refractivity contribution in [3.05, 3.63) is 46.7 Å². The SMILES string of the molecule is N#Cc1cc(Br)ccc1N1CCCC(Nc2ncccn2)C1. The lowest BCUT2D eigenvalue weighted by Crippen LogP contribution is -2.42. The molecule has 1 aliphatic rings. The first-order valence-electron chi connectivity index (χ1n) is 7.24. The summed E-state index contributed by atoms with van der Waals surface area (Å²) in [7, 11) is 0. The van der Waals surface area contributed by atoms with Gasteiger partial charge < -0.3 is 10.2 Å². The number of benzene rings is 1. The number of anilines is 2. The molecule has 1 unspecified atom stereocenters. The van der Waals surface area contributed by atoms with Crippen LogP contribution >= 0.6 is 15.9 Å². The number of nitrogens with zero attached hydrogens (tertiary/aromatic N) is 4. The molecule has 22 heavy (non-hydrogen) atoms. The Hall–Kier alpha value is -2.13. The zero-order chi connectivity index (χ0) is 15.4. The summed E-state index contributed by atoms with van der Waals surface area (Å²) >= 11 is 3.42. The van der Waals surface area contributed by atoms with Gasteiger partial charge in [-0.25, -0.2) is 9.97 Å². The van der Waals surface area contributed by atoms with Crippen molar-refractivity contribution >= 4 is 27.6 Å². The minimum Gasteiger partial charge on any atom is -0.368 e. The van der Waals surface area contributed by atoms with Gasteiger partial charge in [0.05, 0.1) is 11.3 Å². The van der Waals surface area contributed by atoms with Crippen LogP contribution < -0.4 is 10.2 Å². The molecular weight excluding hydrogens is 342 g/mol. The smallest absolute Gasteiger partial charge is 0.222 e. The van der Waals surface area contributed by atoms with E-state index in [-0.39, 0.29) is 6.04 Å². The number of rotatable bonds is 3. The fourth-order valence-electron chi connectivity index (χ4n) is 2.74. The Morgan fingerprint density at radius 1 is 1.32 bits per heavy atom. The van der Waals surface area contributed by atoms with Gasteiger partial charge in [0, 0.05) is 36.0 Å². The maximum absolute atomic E-state index is 9.34. The van der Waals surface area contributed by atoms with E-state index in [0.29, 0.717) is 11.5 Å². The van der Waals surface area contributed by atoms with Gasteiger partial charge in [0.15, 0.2) is 0 Å². The Kier molecular flexibility index (Phi) is 4.54. The lowest BCUT2D eigenvalue weighted by molar-refractivity contribution is 0.527. The third-order valence-corrected chi connectivity index (χ3v) is 4.23. The minimum absolute atomic E-state index is 0.284. The zero-order valence-electron chi connectivity index (χ0n) is 12.0. The Morgan fingerprint density at radius 2 is 2.14 bits per heavy atom. The normalized spacial score (nSPS) is 17.8. The summed E-state index contributed by atoms with van der Waals surface area (Å²) in [5.74, 6) is 0.658. The topological polar surface area (TPSA) is 64.8 Å². The Labute approximate surface area is 138 Å². The number of nitriles is 1. The van der Waals surface area contributed by atoms with Crippen molar-refractivity contribution in [3.63, 3.8) is 0 Å². The van der Waals surface area contributed by atoms with Crippen LogP contribution in [0.3, 0.4) is 0 Å². The second-order valence-electron chi connectivity index (χ2n) is 5.28. The van der Waals surface area contributed by atoms with Gasteiger partial charge in [0.25, 0.3) is 0 Å².